The number of hydrogen-bond donors (Lipinski definition) is 0. The molecule has 1 heterocycles. The third kappa shape index (κ3) is 3.32. The van der Waals surface area contributed by atoms with Crippen LogP contribution in [0.15, 0.2) is 35.9 Å². The molecule has 0 unspecified atom stereocenters. The molecule has 96 valence electrons. The monoisotopic (exact) mass is 357 g/mol. The summed E-state index contributed by atoms with van der Waals surface area (Å²) in [7, 11) is 1.70. The van der Waals surface area contributed by atoms with Crippen LogP contribution in [0.2, 0.25) is 0 Å². The van der Waals surface area contributed by atoms with E-state index in [0.29, 0.717) is 13.2 Å². The van der Waals surface area contributed by atoms with Gasteiger partial charge in [0, 0.05) is 29.3 Å². The van der Waals surface area contributed by atoms with Crippen molar-refractivity contribution < 1.29 is 9.53 Å². The molecule has 0 spiro atoms. The van der Waals surface area contributed by atoms with Crippen molar-refractivity contribution >= 4 is 28.5 Å². The highest BCUT2D eigenvalue weighted by atomic mass is 127. The minimum absolute atomic E-state index is 0.112. The molecule has 0 bridgehead atoms. The van der Waals surface area contributed by atoms with Crippen LogP contribution in [0.25, 0.3) is 0 Å². The highest BCUT2D eigenvalue weighted by Gasteiger charge is 2.18. The average Bonchev–Trinajstić information content (AvgIpc) is 2.39. The Morgan fingerprint density at radius 1 is 1.50 bits per heavy atom. The maximum atomic E-state index is 12.3. The van der Waals surface area contributed by atoms with Crippen molar-refractivity contribution in [3.63, 3.8) is 0 Å². The van der Waals surface area contributed by atoms with E-state index in [0.717, 1.165) is 22.1 Å². The van der Waals surface area contributed by atoms with Crippen molar-refractivity contribution in [3.8, 4) is 0 Å². The van der Waals surface area contributed by atoms with E-state index in [1.165, 1.54) is 5.57 Å². The number of ether oxygens (including phenoxy) is 1. The van der Waals surface area contributed by atoms with Crippen LogP contribution < -0.4 is 0 Å². The number of methoxy groups -OCH3 is 1. The molecule has 2 rings (SSSR count). The summed E-state index contributed by atoms with van der Waals surface area (Å²) in [4.78, 5) is 14.2. The van der Waals surface area contributed by atoms with Gasteiger partial charge in [0.25, 0.3) is 5.91 Å². The summed E-state index contributed by atoms with van der Waals surface area (Å²) < 4.78 is 6.19. The molecule has 1 aliphatic rings. The molecule has 0 saturated carbocycles. The lowest BCUT2D eigenvalue weighted by molar-refractivity contribution is 0.0765. The van der Waals surface area contributed by atoms with Crippen LogP contribution in [-0.4, -0.2) is 37.6 Å². The van der Waals surface area contributed by atoms with Gasteiger partial charge in [-0.25, -0.2) is 0 Å². The van der Waals surface area contributed by atoms with E-state index in [1.54, 1.807) is 7.11 Å². The highest BCUT2D eigenvalue weighted by Crippen LogP contribution is 2.15. The largest absolute Gasteiger partial charge is 0.380 e. The Balaban J connectivity index is 2.04. The third-order valence-electron chi connectivity index (χ3n) is 2.99. The fourth-order valence-electron chi connectivity index (χ4n) is 2.02. The van der Waals surface area contributed by atoms with Crippen molar-refractivity contribution in [2.75, 3.05) is 26.8 Å². The molecule has 0 radical (unpaired) electrons. The van der Waals surface area contributed by atoms with Gasteiger partial charge in [0.05, 0.1) is 6.61 Å². The lowest BCUT2D eigenvalue weighted by Gasteiger charge is -2.26. The minimum Gasteiger partial charge on any atom is -0.380 e. The van der Waals surface area contributed by atoms with Crippen LogP contribution in [0.1, 0.15) is 16.8 Å². The predicted molar refractivity (Wildman–Crippen MR) is 79.6 cm³/mol. The van der Waals surface area contributed by atoms with E-state index >= 15 is 0 Å². The van der Waals surface area contributed by atoms with E-state index in [4.69, 9.17) is 4.74 Å². The molecular weight excluding hydrogens is 341 g/mol. The van der Waals surface area contributed by atoms with Crippen molar-refractivity contribution in [3.05, 3.63) is 45.0 Å². The van der Waals surface area contributed by atoms with Crippen molar-refractivity contribution in [1.29, 1.82) is 0 Å². The SMILES string of the molecule is COCC1=CCN(C(=O)c2cccc(I)c2)CC1. The summed E-state index contributed by atoms with van der Waals surface area (Å²) in [5.41, 5.74) is 2.05. The smallest absolute Gasteiger partial charge is 0.254 e. The van der Waals surface area contributed by atoms with Crippen LogP contribution in [0.4, 0.5) is 0 Å². The fraction of sp³-hybridized carbons (Fsp3) is 0.357. The van der Waals surface area contributed by atoms with Gasteiger partial charge in [-0.3, -0.25) is 4.79 Å². The third-order valence-corrected chi connectivity index (χ3v) is 3.66. The first-order valence-corrected chi connectivity index (χ1v) is 7.00. The number of hydrogen-bond acceptors (Lipinski definition) is 2. The topological polar surface area (TPSA) is 29.5 Å². The van der Waals surface area contributed by atoms with Crippen LogP contribution in [0.3, 0.4) is 0 Å². The summed E-state index contributed by atoms with van der Waals surface area (Å²) in [6.07, 6.45) is 3.00. The molecule has 3 nitrogen and oxygen atoms in total. The summed E-state index contributed by atoms with van der Waals surface area (Å²) in [6, 6.07) is 7.71. The zero-order valence-electron chi connectivity index (χ0n) is 10.4. The van der Waals surface area contributed by atoms with Gasteiger partial charge < -0.3 is 9.64 Å². The van der Waals surface area contributed by atoms with Gasteiger partial charge in [0.15, 0.2) is 0 Å². The molecule has 0 N–H and O–H groups in total. The normalized spacial score (nSPS) is 15.4. The lowest BCUT2D eigenvalue weighted by Crippen LogP contribution is -2.35. The van der Waals surface area contributed by atoms with Crippen molar-refractivity contribution in [2.45, 2.75) is 6.42 Å². The van der Waals surface area contributed by atoms with E-state index in [-0.39, 0.29) is 5.91 Å². The summed E-state index contributed by atoms with van der Waals surface area (Å²) in [6.45, 7) is 2.13. The van der Waals surface area contributed by atoms with Crippen LogP contribution in [-0.2, 0) is 4.74 Å². The number of carbonyl (C=O) groups is 1. The standard InChI is InChI=1S/C14H16INO2/c1-18-10-11-5-7-16(8-6-11)14(17)12-3-2-4-13(15)9-12/h2-5,9H,6-8,10H2,1H3. The van der Waals surface area contributed by atoms with E-state index < -0.39 is 0 Å². The Bertz CT molecular complexity index is 471. The second-order valence-electron chi connectivity index (χ2n) is 4.31. The number of halogens is 1. The molecule has 0 fully saturated rings. The van der Waals surface area contributed by atoms with Gasteiger partial charge in [0.1, 0.15) is 0 Å². The van der Waals surface area contributed by atoms with Crippen molar-refractivity contribution in [1.82, 2.24) is 4.90 Å². The lowest BCUT2D eigenvalue weighted by atomic mass is 10.1. The second-order valence-corrected chi connectivity index (χ2v) is 5.55. The van der Waals surface area contributed by atoms with Crippen LogP contribution in [0.5, 0.6) is 0 Å². The van der Waals surface area contributed by atoms with Gasteiger partial charge in [-0.15, -0.1) is 0 Å². The van der Waals surface area contributed by atoms with Crippen molar-refractivity contribution in [2.24, 2.45) is 0 Å². The zero-order valence-corrected chi connectivity index (χ0v) is 12.5. The molecule has 1 aromatic carbocycles. The zero-order chi connectivity index (χ0) is 13.0. The molecule has 1 amide bonds. The Morgan fingerprint density at radius 3 is 2.94 bits per heavy atom. The molecule has 1 aromatic rings. The Morgan fingerprint density at radius 2 is 2.33 bits per heavy atom. The quantitative estimate of drug-likeness (QED) is 0.615. The maximum Gasteiger partial charge on any atom is 0.254 e. The van der Waals surface area contributed by atoms with Crippen LogP contribution in [0, 0.1) is 3.57 Å². The van der Waals surface area contributed by atoms with Crippen LogP contribution >= 0.6 is 22.6 Å². The van der Waals surface area contributed by atoms with Gasteiger partial charge in [-0.2, -0.15) is 0 Å². The Labute approximate surface area is 121 Å². The van der Waals surface area contributed by atoms with Gasteiger partial charge in [-0.05, 0) is 52.8 Å². The molecule has 0 aromatic heterocycles. The number of nitrogens with zero attached hydrogens (tertiary/aromatic N) is 1. The number of rotatable bonds is 3. The Hall–Kier alpha value is -0.880. The number of carbonyl (C=O) groups excluding carboxylic acids is 1. The average molecular weight is 357 g/mol. The second kappa shape index (κ2) is 6.33. The molecule has 0 saturated heterocycles. The number of benzene rings is 1. The number of amides is 1. The predicted octanol–water partition coefficient (Wildman–Crippen LogP) is 2.71. The Kier molecular flexibility index (Phi) is 4.77. The summed E-state index contributed by atoms with van der Waals surface area (Å²) in [5, 5.41) is 0. The minimum atomic E-state index is 0.112. The first-order chi connectivity index (χ1) is 8.70. The summed E-state index contributed by atoms with van der Waals surface area (Å²) >= 11 is 2.22. The first kappa shape index (κ1) is 13.5. The molecule has 1 aliphatic heterocycles. The maximum absolute atomic E-state index is 12.3. The van der Waals surface area contributed by atoms with Gasteiger partial charge >= 0.3 is 0 Å². The molecule has 0 atom stereocenters. The van der Waals surface area contributed by atoms with E-state index in [1.807, 2.05) is 29.2 Å². The molecular formula is C14H16INO2. The van der Waals surface area contributed by atoms with Gasteiger partial charge in [-0.1, -0.05) is 12.1 Å². The summed E-state index contributed by atoms with van der Waals surface area (Å²) in [5.74, 6) is 0.112. The van der Waals surface area contributed by atoms with E-state index in [9.17, 15) is 4.79 Å². The molecule has 0 aliphatic carbocycles. The molecule has 4 heteroatoms. The van der Waals surface area contributed by atoms with Gasteiger partial charge in [0.2, 0.25) is 0 Å². The molecule has 18 heavy (non-hydrogen) atoms. The first-order valence-electron chi connectivity index (χ1n) is 5.92. The fourth-order valence-corrected chi connectivity index (χ4v) is 2.56. The highest BCUT2D eigenvalue weighted by molar-refractivity contribution is 14.1. The van der Waals surface area contributed by atoms with E-state index in [2.05, 4.69) is 28.7 Å².